The summed E-state index contributed by atoms with van der Waals surface area (Å²) in [6.07, 6.45) is 0.427. The van der Waals surface area contributed by atoms with Gasteiger partial charge in [0.2, 0.25) is 5.91 Å². The summed E-state index contributed by atoms with van der Waals surface area (Å²) >= 11 is 3.04. The number of thiophene rings is 1. The SMILES string of the molecule is Cc1csc(NC(=O)Cc2cccs2)n1. The number of hydrogen-bond donors (Lipinski definition) is 1. The van der Waals surface area contributed by atoms with Crippen molar-refractivity contribution in [3.05, 3.63) is 33.5 Å². The predicted octanol–water partition coefficient (Wildman–Crippen LogP) is 2.69. The van der Waals surface area contributed by atoms with Crippen molar-refractivity contribution in [3.8, 4) is 0 Å². The smallest absolute Gasteiger partial charge is 0.231 e. The fourth-order valence-electron chi connectivity index (χ4n) is 1.15. The van der Waals surface area contributed by atoms with E-state index < -0.39 is 0 Å². The highest BCUT2D eigenvalue weighted by molar-refractivity contribution is 7.14. The maximum absolute atomic E-state index is 11.6. The highest BCUT2D eigenvalue weighted by Crippen LogP contribution is 2.15. The zero-order valence-electron chi connectivity index (χ0n) is 8.19. The number of rotatable bonds is 3. The van der Waals surface area contributed by atoms with Crippen LogP contribution in [-0.2, 0) is 11.2 Å². The van der Waals surface area contributed by atoms with Gasteiger partial charge in [-0.1, -0.05) is 6.07 Å². The third-order valence-corrected chi connectivity index (χ3v) is 3.53. The molecule has 0 radical (unpaired) electrons. The van der Waals surface area contributed by atoms with Crippen LogP contribution in [0, 0.1) is 6.92 Å². The second-order valence-electron chi connectivity index (χ2n) is 3.10. The topological polar surface area (TPSA) is 42.0 Å². The lowest BCUT2D eigenvalue weighted by Crippen LogP contribution is -2.13. The van der Waals surface area contributed by atoms with Crippen LogP contribution >= 0.6 is 22.7 Å². The second kappa shape index (κ2) is 4.55. The van der Waals surface area contributed by atoms with Crippen LogP contribution in [0.25, 0.3) is 0 Å². The zero-order chi connectivity index (χ0) is 10.7. The number of aryl methyl sites for hydroxylation is 1. The van der Waals surface area contributed by atoms with Crippen molar-refractivity contribution in [3.63, 3.8) is 0 Å². The largest absolute Gasteiger partial charge is 0.302 e. The first kappa shape index (κ1) is 10.3. The number of aromatic nitrogens is 1. The molecule has 1 N–H and O–H groups in total. The highest BCUT2D eigenvalue weighted by Gasteiger charge is 2.06. The molecule has 0 saturated heterocycles. The van der Waals surface area contributed by atoms with Gasteiger partial charge in [-0.15, -0.1) is 22.7 Å². The van der Waals surface area contributed by atoms with Crippen LogP contribution in [-0.4, -0.2) is 10.9 Å². The summed E-state index contributed by atoms with van der Waals surface area (Å²) in [7, 11) is 0. The molecular weight excluding hydrogens is 228 g/mol. The molecule has 0 unspecified atom stereocenters. The van der Waals surface area contributed by atoms with E-state index in [4.69, 9.17) is 0 Å². The monoisotopic (exact) mass is 238 g/mol. The Balaban J connectivity index is 1.93. The molecule has 0 aliphatic heterocycles. The number of nitrogens with zero attached hydrogens (tertiary/aromatic N) is 1. The Kier molecular flexibility index (Phi) is 3.13. The molecule has 2 aromatic rings. The Hall–Kier alpha value is -1.20. The minimum absolute atomic E-state index is 0.00759. The number of anilines is 1. The lowest BCUT2D eigenvalue weighted by molar-refractivity contribution is -0.115. The molecule has 1 amide bonds. The summed E-state index contributed by atoms with van der Waals surface area (Å²) in [6.45, 7) is 1.91. The van der Waals surface area contributed by atoms with Gasteiger partial charge in [0.15, 0.2) is 5.13 Å². The predicted molar refractivity (Wildman–Crippen MR) is 63.5 cm³/mol. The molecule has 0 spiro atoms. The Bertz CT molecular complexity index is 448. The van der Waals surface area contributed by atoms with Crippen LogP contribution in [0.2, 0.25) is 0 Å². The molecule has 5 heteroatoms. The Morgan fingerprint density at radius 1 is 1.53 bits per heavy atom. The van der Waals surface area contributed by atoms with E-state index in [2.05, 4.69) is 10.3 Å². The van der Waals surface area contributed by atoms with Gasteiger partial charge < -0.3 is 5.32 Å². The summed E-state index contributed by atoms with van der Waals surface area (Å²) in [5, 5.41) is 7.34. The number of thiazole rings is 1. The van der Waals surface area contributed by atoms with Gasteiger partial charge in [-0.2, -0.15) is 0 Å². The van der Waals surface area contributed by atoms with E-state index in [0.29, 0.717) is 11.6 Å². The molecule has 2 aromatic heterocycles. The van der Waals surface area contributed by atoms with Gasteiger partial charge in [0.1, 0.15) is 0 Å². The summed E-state index contributed by atoms with van der Waals surface area (Å²) in [6, 6.07) is 3.90. The van der Waals surface area contributed by atoms with E-state index in [0.717, 1.165) is 10.6 Å². The maximum Gasteiger partial charge on any atom is 0.231 e. The molecule has 0 aromatic carbocycles. The van der Waals surface area contributed by atoms with Gasteiger partial charge in [-0.05, 0) is 18.4 Å². The molecule has 0 saturated carbocycles. The van der Waals surface area contributed by atoms with Crippen LogP contribution < -0.4 is 5.32 Å². The average molecular weight is 238 g/mol. The van der Waals surface area contributed by atoms with Crippen molar-refractivity contribution < 1.29 is 4.79 Å². The Morgan fingerprint density at radius 2 is 2.40 bits per heavy atom. The average Bonchev–Trinajstić information content (AvgIpc) is 2.77. The zero-order valence-corrected chi connectivity index (χ0v) is 9.82. The molecule has 3 nitrogen and oxygen atoms in total. The quantitative estimate of drug-likeness (QED) is 0.893. The molecule has 78 valence electrons. The van der Waals surface area contributed by atoms with E-state index in [1.807, 2.05) is 29.8 Å². The lowest BCUT2D eigenvalue weighted by Gasteiger charge is -1.98. The number of hydrogen-bond acceptors (Lipinski definition) is 4. The molecule has 15 heavy (non-hydrogen) atoms. The Morgan fingerprint density at radius 3 is 3.00 bits per heavy atom. The van der Waals surface area contributed by atoms with Gasteiger partial charge in [-0.25, -0.2) is 4.98 Å². The summed E-state index contributed by atoms with van der Waals surface area (Å²) in [4.78, 5) is 16.8. The van der Waals surface area contributed by atoms with Crippen molar-refractivity contribution in [1.29, 1.82) is 0 Å². The van der Waals surface area contributed by atoms with E-state index in [-0.39, 0.29) is 5.91 Å². The molecule has 2 rings (SSSR count). The fraction of sp³-hybridized carbons (Fsp3) is 0.200. The van der Waals surface area contributed by atoms with Crippen LogP contribution in [0.3, 0.4) is 0 Å². The molecule has 0 aliphatic carbocycles. The second-order valence-corrected chi connectivity index (χ2v) is 4.99. The Labute approximate surface area is 95.8 Å². The van der Waals surface area contributed by atoms with Crippen molar-refractivity contribution in [2.75, 3.05) is 5.32 Å². The molecule has 2 heterocycles. The third-order valence-electron chi connectivity index (χ3n) is 1.78. The van der Waals surface area contributed by atoms with E-state index in [1.165, 1.54) is 11.3 Å². The van der Waals surface area contributed by atoms with Gasteiger partial charge >= 0.3 is 0 Å². The standard InChI is InChI=1S/C10H10N2OS2/c1-7-6-15-10(11-7)12-9(13)5-8-3-2-4-14-8/h2-4,6H,5H2,1H3,(H,11,12,13). The first-order chi connectivity index (χ1) is 7.24. The van der Waals surface area contributed by atoms with E-state index in [1.54, 1.807) is 11.3 Å². The molecule has 0 bridgehead atoms. The molecule has 0 atom stereocenters. The maximum atomic E-state index is 11.6. The van der Waals surface area contributed by atoms with Crippen LogP contribution in [0.5, 0.6) is 0 Å². The van der Waals surface area contributed by atoms with Crippen molar-refractivity contribution in [1.82, 2.24) is 4.98 Å². The number of carbonyl (C=O) groups is 1. The molecule has 0 fully saturated rings. The number of amides is 1. The van der Waals surface area contributed by atoms with Gasteiger partial charge in [0.05, 0.1) is 12.1 Å². The summed E-state index contributed by atoms with van der Waals surface area (Å²) in [5.74, 6) is -0.00759. The van der Waals surface area contributed by atoms with Crippen LogP contribution in [0.1, 0.15) is 10.6 Å². The minimum atomic E-state index is -0.00759. The minimum Gasteiger partial charge on any atom is -0.302 e. The van der Waals surface area contributed by atoms with Gasteiger partial charge in [-0.3, -0.25) is 4.79 Å². The normalized spacial score (nSPS) is 10.2. The number of carbonyl (C=O) groups excluding carboxylic acids is 1. The van der Waals surface area contributed by atoms with E-state index in [9.17, 15) is 4.79 Å². The first-order valence-corrected chi connectivity index (χ1v) is 6.24. The van der Waals surface area contributed by atoms with Crippen LogP contribution in [0.15, 0.2) is 22.9 Å². The van der Waals surface area contributed by atoms with Crippen molar-refractivity contribution in [2.45, 2.75) is 13.3 Å². The van der Waals surface area contributed by atoms with Gasteiger partial charge in [0, 0.05) is 10.3 Å². The molecular formula is C10H10N2OS2. The summed E-state index contributed by atoms with van der Waals surface area (Å²) < 4.78 is 0. The third kappa shape index (κ3) is 2.87. The fourth-order valence-corrected chi connectivity index (χ4v) is 2.55. The van der Waals surface area contributed by atoms with Crippen molar-refractivity contribution >= 4 is 33.7 Å². The molecule has 0 aliphatic rings. The van der Waals surface area contributed by atoms with E-state index >= 15 is 0 Å². The highest BCUT2D eigenvalue weighted by atomic mass is 32.1. The lowest BCUT2D eigenvalue weighted by atomic mass is 10.3. The first-order valence-electron chi connectivity index (χ1n) is 4.48. The van der Waals surface area contributed by atoms with Crippen molar-refractivity contribution in [2.24, 2.45) is 0 Å². The summed E-state index contributed by atoms with van der Waals surface area (Å²) in [5.41, 5.74) is 0.937. The number of nitrogens with one attached hydrogen (secondary N) is 1. The van der Waals surface area contributed by atoms with Crippen LogP contribution in [0.4, 0.5) is 5.13 Å². The van der Waals surface area contributed by atoms with Gasteiger partial charge in [0.25, 0.3) is 0 Å².